The number of aliphatic imine (C=N–C) groups is 1. The second-order valence-corrected chi connectivity index (χ2v) is 3.25. The topological polar surface area (TPSA) is 77.6 Å². The second-order valence-electron chi connectivity index (χ2n) is 3.25. The fraction of sp³-hybridized carbons (Fsp3) is 0.222. The fourth-order valence-electron chi connectivity index (χ4n) is 1.30. The van der Waals surface area contributed by atoms with Crippen molar-refractivity contribution >= 4 is 11.9 Å². The van der Waals surface area contributed by atoms with Gasteiger partial charge in [-0.1, -0.05) is 0 Å². The molecule has 6 heteroatoms. The Kier molecular flexibility index (Phi) is 1.92. The average Bonchev–Trinajstić information content (AvgIpc) is 2.42. The van der Waals surface area contributed by atoms with E-state index in [4.69, 9.17) is 10.5 Å². The van der Waals surface area contributed by atoms with E-state index < -0.39 is 17.3 Å². The van der Waals surface area contributed by atoms with E-state index in [1.165, 1.54) is 19.1 Å². The minimum Gasteiger partial charge on any atom is -0.442 e. The molecule has 0 aromatic carbocycles. The monoisotopic (exact) mass is 209 g/mol. The molecule has 0 bridgehead atoms. The van der Waals surface area contributed by atoms with E-state index in [9.17, 15) is 9.18 Å². The Morgan fingerprint density at radius 2 is 2.27 bits per heavy atom. The van der Waals surface area contributed by atoms with Gasteiger partial charge in [0.1, 0.15) is 5.82 Å². The maximum atomic E-state index is 12.6. The molecule has 1 aromatic heterocycles. The maximum absolute atomic E-state index is 12.6. The summed E-state index contributed by atoms with van der Waals surface area (Å²) in [5.74, 6) is -1.03. The summed E-state index contributed by atoms with van der Waals surface area (Å²) in [6.45, 7) is 1.49. The lowest BCUT2D eigenvalue weighted by Gasteiger charge is -2.19. The molecular formula is C9H8FN3O2. The highest BCUT2D eigenvalue weighted by molar-refractivity contribution is 6.00. The highest BCUT2D eigenvalue weighted by atomic mass is 19.1. The number of nitrogens with two attached hydrogens (primary N) is 1. The number of carbonyl (C=O) groups excluding carboxylic acids is 1. The van der Waals surface area contributed by atoms with Gasteiger partial charge in [0, 0.05) is 0 Å². The first kappa shape index (κ1) is 9.57. The molecule has 1 aliphatic heterocycles. The van der Waals surface area contributed by atoms with E-state index in [1.54, 1.807) is 0 Å². The predicted octanol–water partition coefficient (Wildman–Crippen LogP) is 0.307. The predicted molar refractivity (Wildman–Crippen MR) is 49.3 cm³/mol. The van der Waals surface area contributed by atoms with Crippen LogP contribution in [0.15, 0.2) is 23.3 Å². The number of carbonyl (C=O) groups is 1. The molecule has 2 N–H and O–H groups in total. The Labute approximate surface area is 84.8 Å². The number of amides is 1. The van der Waals surface area contributed by atoms with Crippen molar-refractivity contribution in [3.8, 4) is 0 Å². The number of aromatic nitrogens is 1. The molecule has 1 unspecified atom stereocenters. The molecule has 1 aromatic rings. The summed E-state index contributed by atoms with van der Waals surface area (Å²) in [6.07, 6.45) is 1.01. The summed E-state index contributed by atoms with van der Waals surface area (Å²) in [4.78, 5) is 18.7. The zero-order valence-corrected chi connectivity index (χ0v) is 7.90. The van der Waals surface area contributed by atoms with Crippen LogP contribution in [0.4, 0.5) is 4.39 Å². The minimum atomic E-state index is -1.34. The number of rotatable bonds is 1. The summed E-state index contributed by atoms with van der Waals surface area (Å²) in [6, 6.07) is 2.36. The molecule has 0 saturated heterocycles. The first-order chi connectivity index (χ1) is 7.02. The third-order valence-corrected chi connectivity index (χ3v) is 2.14. The number of pyridine rings is 1. The Hall–Kier alpha value is -1.98. The van der Waals surface area contributed by atoms with Crippen LogP contribution < -0.4 is 5.73 Å². The zero-order valence-electron chi connectivity index (χ0n) is 7.90. The fourth-order valence-corrected chi connectivity index (χ4v) is 1.30. The summed E-state index contributed by atoms with van der Waals surface area (Å²) >= 11 is 0. The van der Waals surface area contributed by atoms with Gasteiger partial charge in [0.25, 0.3) is 6.02 Å². The van der Waals surface area contributed by atoms with E-state index in [1.807, 2.05) is 0 Å². The van der Waals surface area contributed by atoms with Crippen molar-refractivity contribution < 1.29 is 13.9 Å². The zero-order chi connectivity index (χ0) is 11.1. The quantitative estimate of drug-likeness (QED) is 0.721. The van der Waals surface area contributed by atoms with Crippen LogP contribution in [-0.2, 0) is 15.1 Å². The van der Waals surface area contributed by atoms with Gasteiger partial charge in [0.15, 0.2) is 0 Å². The van der Waals surface area contributed by atoms with E-state index in [0.29, 0.717) is 0 Å². The SMILES string of the molecule is CC1(c2ccc(F)cn2)OC(N)=NC1=O. The van der Waals surface area contributed by atoms with Crippen molar-refractivity contribution in [2.24, 2.45) is 10.7 Å². The van der Waals surface area contributed by atoms with Gasteiger partial charge in [0.2, 0.25) is 5.60 Å². The molecule has 0 aliphatic carbocycles. The van der Waals surface area contributed by atoms with E-state index in [0.717, 1.165) is 6.20 Å². The third-order valence-electron chi connectivity index (χ3n) is 2.14. The van der Waals surface area contributed by atoms with Gasteiger partial charge in [0.05, 0.1) is 11.9 Å². The average molecular weight is 209 g/mol. The Morgan fingerprint density at radius 3 is 2.73 bits per heavy atom. The third kappa shape index (κ3) is 1.43. The summed E-state index contributed by atoms with van der Waals surface area (Å²) in [5, 5.41) is 0. The van der Waals surface area contributed by atoms with E-state index in [2.05, 4.69) is 9.98 Å². The minimum absolute atomic E-state index is 0.200. The van der Waals surface area contributed by atoms with Crippen LogP contribution in [0.5, 0.6) is 0 Å². The Balaban J connectivity index is 2.40. The number of hydrogen-bond acceptors (Lipinski definition) is 4. The number of halogens is 1. The van der Waals surface area contributed by atoms with Crippen LogP contribution in [0.1, 0.15) is 12.6 Å². The van der Waals surface area contributed by atoms with Crippen LogP contribution >= 0.6 is 0 Å². The Morgan fingerprint density at radius 1 is 1.53 bits per heavy atom. The van der Waals surface area contributed by atoms with Gasteiger partial charge in [-0.15, -0.1) is 0 Å². The summed E-state index contributed by atoms with van der Waals surface area (Å²) in [5.41, 5.74) is 4.21. The van der Waals surface area contributed by atoms with Crippen LogP contribution in [0.2, 0.25) is 0 Å². The molecule has 15 heavy (non-hydrogen) atoms. The van der Waals surface area contributed by atoms with Gasteiger partial charge in [-0.2, -0.15) is 4.99 Å². The van der Waals surface area contributed by atoms with Crippen LogP contribution in [-0.4, -0.2) is 16.9 Å². The molecule has 78 valence electrons. The van der Waals surface area contributed by atoms with Gasteiger partial charge < -0.3 is 10.5 Å². The second kappa shape index (κ2) is 3.01. The van der Waals surface area contributed by atoms with Crippen molar-refractivity contribution in [3.63, 3.8) is 0 Å². The van der Waals surface area contributed by atoms with Crippen LogP contribution in [0.25, 0.3) is 0 Å². The van der Waals surface area contributed by atoms with Crippen LogP contribution in [0, 0.1) is 5.82 Å². The number of nitrogens with zero attached hydrogens (tertiary/aromatic N) is 2. The molecule has 1 aliphatic rings. The van der Waals surface area contributed by atoms with Gasteiger partial charge in [-0.25, -0.2) is 4.39 Å². The van der Waals surface area contributed by atoms with Crippen molar-refractivity contribution in [3.05, 3.63) is 29.8 Å². The van der Waals surface area contributed by atoms with Gasteiger partial charge in [-0.3, -0.25) is 9.78 Å². The van der Waals surface area contributed by atoms with E-state index in [-0.39, 0.29) is 11.7 Å². The lowest BCUT2D eigenvalue weighted by molar-refractivity contribution is -0.130. The van der Waals surface area contributed by atoms with Crippen molar-refractivity contribution in [1.29, 1.82) is 0 Å². The highest BCUT2D eigenvalue weighted by Gasteiger charge is 2.44. The lowest BCUT2D eigenvalue weighted by Crippen LogP contribution is -2.32. The summed E-state index contributed by atoms with van der Waals surface area (Å²) in [7, 11) is 0. The molecule has 2 heterocycles. The number of ether oxygens (including phenoxy) is 1. The maximum Gasteiger partial charge on any atom is 0.300 e. The lowest BCUT2D eigenvalue weighted by atomic mass is 10.0. The number of amidine groups is 1. The molecule has 0 fully saturated rings. The largest absolute Gasteiger partial charge is 0.442 e. The smallest absolute Gasteiger partial charge is 0.300 e. The molecule has 5 nitrogen and oxygen atoms in total. The molecule has 0 radical (unpaired) electrons. The molecule has 2 rings (SSSR count). The van der Waals surface area contributed by atoms with Crippen LogP contribution in [0.3, 0.4) is 0 Å². The number of hydrogen-bond donors (Lipinski definition) is 1. The molecule has 0 spiro atoms. The standard InChI is InChI=1S/C9H8FN3O2/c1-9(7(14)13-8(11)15-9)6-3-2-5(10)4-12-6/h2-4H,1H3,(H2,11,13,14). The molecule has 1 amide bonds. The molecule has 1 atom stereocenters. The summed E-state index contributed by atoms with van der Waals surface area (Å²) < 4.78 is 17.7. The van der Waals surface area contributed by atoms with Gasteiger partial charge >= 0.3 is 5.91 Å². The van der Waals surface area contributed by atoms with Crippen molar-refractivity contribution in [2.75, 3.05) is 0 Å². The van der Waals surface area contributed by atoms with E-state index >= 15 is 0 Å². The van der Waals surface area contributed by atoms with Crippen molar-refractivity contribution in [1.82, 2.24) is 4.98 Å². The molecule has 0 saturated carbocycles. The van der Waals surface area contributed by atoms with Gasteiger partial charge in [-0.05, 0) is 19.1 Å². The molecular weight excluding hydrogens is 201 g/mol. The highest BCUT2D eigenvalue weighted by Crippen LogP contribution is 2.29. The first-order valence-corrected chi connectivity index (χ1v) is 4.22. The van der Waals surface area contributed by atoms with Crippen molar-refractivity contribution in [2.45, 2.75) is 12.5 Å². The first-order valence-electron chi connectivity index (χ1n) is 4.22. The normalized spacial score (nSPS) is 24.9. The Bertz CT molecular complexity index is 443.